The van der Waals surface area contributed by atoms with Gasteiger partial charge in [-0.2, -0.15) is 8.42 Å². The molecule has 8 heteroatoms. The van der Waals surface area contributed by atoms with Crippen LogP contribution >= 0.6 is 11.6 Å². The lowest BCUT2D eigenvalue weighted by atomic mass is 10.2. The van der Waals surface area contributed by atoms with E-state index in [4.69, 9.17) is 16.7 Å². The van der Waals surface area contributed by atoms with Gasteiger partial charge in [0.15, 0.2) is 0 Å². The number of anilines is 1. The molecule has 25 heavy (non-hydrogen) atoms. The van der Waals surface area contributed by atoms with E-state index in [1.165, 1.54) is 0 Å². The fourth-order valence-corrected chi connectivity index (χ4v) is 2.05. The molecule has 6 nitrogen and oxygen atoms in total. The monoisotopic (exact) mass is 385 g/mol. The molecule has 0 radical (unpaired) electrons. The third-order valence-electron chi connectivity index (χ3n) is 2.82. The van der Waals surface area contributed by atoms with Crippen molar-refractivity contribution in [3.8, 4) is 0 Å². The Kier molecular flexibility index (Phi) is 9.15. The minimum Gasteiger partial charge on any atom is -0.392 e. The van der Waals surface area contributed by atoms with Crippen LogP contribution in [0.1, 0.15) is 11.1 Å². The van der Waals surface area contributed by atoms with Crippen molar-refractivity contribution in [1.82, 2.24) is 0 Å². The summed E-state index contributed by atoms with van der Waals surface area (Å²) in [7, 11) is -3.32. The molecule has 1 amide bonds. The summed E-state index contributed by atoms with van der Waals surface area (Å²) in [4.78, 5) is 10.8. The summed E-state index contributed by atoms with van der Waals surface area (Å²) in [6, 6.07) is 16.1. The number of alkyl halides is 1. The number of benzene rings is 2. The van der Waals surface area contributed by atoms with Crippen LogP contribution in [0.5, 0.6) is 0 Å². The van der Waals surface area contributed by atoms with Crippen molar-refractivity contribution >= 4 is 33.3 Å². The molecule has 2 rings (SSSR count). The summed E-state index contributed by atoms with van der Waals surface area (Å²) in [5.41, 5.74) is 2.34. The Labute approximate surface area is 152 Å². The summed E-state index contributed by atoms with van der Waals surface area (Å²) in [5, 5.41) is 11.3. The largest absolute Gasteiger partial charge is 0.392 e. The van der Waals surface area contributed by atoms with Crippen LogP contribution in [-0.2, 0) is 32.3 Å². The van der Waals surface area contributed by atoms with E-state index >= 15 is 0 Å². The van der Waals surface area contributed by atoms with E-state index in [1.54, 1.807) is 24.3 Å². The number of carbonyl (C=O) groups is 1. The number of halogens is 1. The molecule has 0 aromatic heterocycles. The maximum absolute atomic E-state index is 10.8. The van der Waals surface area contributed by atoms with Crippen molar-refractivity contribution in [2.75, 3.05) is 17.5 Å². The molecular formula is C17H20ClNO5S. The van der Waals surface area contributed by atoms with E-state index in [9.17, 15) is 13.2 Å². The van der Waals surface area contributed by atoms with E-state index in [2.05, 4.69) is 9.50 Å². The Hall–Kier alpha value is -1.93. The highest BCUT2D eigenvalue weighted by atomic mass is 35.5. The lowest BCUT2D eigenvalue weighted by Crippen LogP contribution is -2.12. The van der Waals surface area contributed by atoms with Crippen LogP contribution in [0.2, 0.25) is 0 Å². The van der Waals surface area contributed by atoms with Gasteiger partial charge in [0, 0.05) is 5.69 Å². The molecule has 2 N–H and O–H groups in total. The highest BCUT2D eigenvalue weighted by Gasteiger charge is 2.01. The van der Waals surface area contributed by atoms with Crippen molar-refractivity contribution in [2.45, 2.75) is 13.2 Å². The molecule has 0 spiro atoms. The van der Waals surface area contributed by atoms with Crippen LogP contribution in [0, 0.1) is 0 Å². The zero-order valence-corrected chi connectivity index (χ0v) is 15.3. The Bertz CT molecular complexity index is 748. The summed E-state index contributed by atoms with van der Waals surface area (Å²) in [6.45, 7) is 0.114. The third-order valence-corrected chi connectivity index (χ3v) is 3.61. The van der Waals surface area contributed by atoms with Crippen molar-refractivity contribution in [3.63, 3.8) is 0 Å². The molecule has 0 heterocycles. The zero-order valence-electron chi connectivity index (χ0n) is 13.7. The van der Waals surface area contributed by atoms with Gasteiger partial charge in [0.25, 0.3) is 10.1 Å². The van der Waals surface area contributed by atoms with E-state index in [-0.39, 0.29) is 25.0 Å². The standard InChI is InChI=1S/C9H10ClNO2.C8H10O3S/c10-5-9(13)11-8-3-1-7(6-12)2-4-8;1-12(9,10)11-7-8-5-3-2-4-6-8/h1-4,12H,5-6H2,(H,11,13);2-6H,7H2,1H3. The van der Waals surface area contributed by atoms with Gasteiger partial charge in [-0.1, -0.05) is 42.5 Å². The summed E-state index contributed by atoms with van der Waals surface area (Å²) < 4.78 is 25.8. The van der Waals surface area contributed by atoms with E-state index in [0.29, 0.717) is 5.69 Å². The third kappa shape index (κ3) is 9.83. The first-order valence-corrected chi connectivity index (χ1v) is 9.63. The summed E-state index contributed by atoms with van der Waals surface area (Å²) >= 11 is 5.31. The molecule has 0 aliphatic rings. The highest BCUT2D eigenvalue weighted by molar-refractivity contribution is 7.85. The number of hydrogen-bond donors (Lipinski definition) is 2. The van der Waals surface area contributed by atoms with Crippen molar-refractivity contribution in [3.05, 3.63) is 65.7 Å². The summed E-state index contributed by atoms with van der Waals surface area (Å²) in [6.07, 6.45) is 1.04. The fraction of sp³-hybridized carbons (Fsp3) is 0.235. The quantitative estimate of drug-likeness (QED) is 0.588. The lowest BCUT2D eigenvalue weighted by molar-refractivity contribution is -0.113. The first-order valence-electron chi connectivity index (χ1n) is 7.28. The smallest absolute Gasteiger partial charge is 0.264 e. The van der Waals surface area contributed by atoms with Gasteiger partial charge in [-0.25, -0.2) is 0 Å². The maximum Gasteiger partial charge on any atom is 0.264 e. The fourth-order valence-electron chi connectivity index (χ4n) is 1.64. The second-order valence-corrected chi connectivity index (χ2v) is 6.90. The Morgan fingerprint density at radius 3 is 2.16 bits per heavy atom. The topological polar surface area (TPSA) is 92.7 Å². The minimum atomic E-state index is -3.32. The van der Waals surface area contributed by atoms with Crippen LogP contribution in [-0.4, -0.2) is 31.6 Å². The number of rotatable bonds is 6. The van der Waals surface area contributed by atoms with Gasteiger partial charge in [0.2, 0.25) is 5.91 Å². The van der Waals surface area contributed by atoms with Crippen LogP contribution in [0.3, 0.4) is 0 Å². The second kappa shape index (κ2) is 10.8. The van der Waals surface area contributed by atoms with Gasteiger partial charge < -0.3 is 10.4 Å². The molecule has 2 aromatic rings. The number of aliphatic hydroxyl groups is 1. The summed E-state index contributed by atoms with van der Waals surface area (Å²) in [5.74, 6) is -0.291. The lowest BCUT2D eigenvalue weighted by Gasteiger charge is -2.02. The van der Waals surface area contributed by atoms with Gasteiger partial charge in [-0.15, -0.1) is 11.6 Å². The molecule has 0 aliphatic heterocycles. The van der Waals surface area contributed by atoms with Crippen LogP contribution in [0.15, 0.2) is 54.6 Å². The molecule has 0 saturated heterocycles. The number of carbonyl (C=O) groups excluding carboxylic acids is 1. The molecule has 0 unspecified atom stereocenters. The molecule has 0 atom stereocenters. The van der Waals surface area contributed by atoms with Gasteiger partial charge in [-0.3, -0.25) is 8.98 Å². The first-order chi connectivity index (χ1) is 11.8. The van der Waals surface area contributed by atoms with Gasteiger partial charge in [-0.05, 0) is 23.3 Å². The van der Waals surface area contributed by atoms with Gasteiger partial charge in [0.05, 0.1) is 19.5 Å². The van der Waals surface area contributed by atoms with Crippen molar-refractivity contribution in [2.24, 2.45) is 0 Å². The predicted molar refractivity (Wildman–Crippen MR) is 97.8 cm³/mol. The Balaban J connectivity index is 0.000000251. The number of nitrogens with one attached hydrogen (secondary N) is 1. The molecule has 2 aromatic carbocycles. The van der Waals surface area contributed by atoms with Crippen LogP contribution in [0.4, 0.5) is 5.69 Å². The maximum atomic E-state index is 10.8. The van der Waals surface area contributed by atoms with Gasteiger partial charge in [0.1, 0.15) is 5.88 Å². The number of hydrogen-bond acceptors (Lipinski definition) is 5. The molecule has 0 saturated carbocycles. The van der Waals surface area contributed by atoms with Crippen molar-refractivity contribution < 1.29 is 22.5 Å². The molecule has 136 valence electrons. The number of amides is 1. The average molecular weight is 386 g/mol. The molecule has 0 bridgehead atoms. The zero-order chi connectivity index (χ0) is 18.7. The molecule has 0 fully saturated rings. The normalized spacial score (nSPS) is 10.5. The van der Waals surface area contributed by atoms with Gasteiger partial charge >= 0.3 is 0 Å². The highest BCUT2D eigenvalue weighted by Crippen LogP contribution is 2.09. The second-order valence-electron chi connectivity index (χ2n) is 4.99. The molecular weight excluding hydrogens is 366 g/mol. The van der Waals surface area contributed by atoms with Crippen LogP contribution < -0.4 is 5.32 Å². The number of aliphatic hydroxyl groups excluding tert-OH is 1. The van der Waals surface area contributed by atoms with E-state index in [1.807, 2.05) is 30.3 Å². The van der Waals surface area contributed by atoms with E-state index < -0.39 is 10.1 Å². The first kappa shape index (κ1) is 21.1. The molecule has 0 aliphatic carbocycles. The average Bonchev–Trinajstić information content (AvgIpc) is 2.61. The minimum absolute atomic E-state index is 0.00370. The van der Waals surface area contributed by atoms with E-state index in [0.717, 1.165) is 17.4 Å². The predicted octanol–water partition coefficient (Wildman–Crippen LogP) is 2.52. The van der Waals surface area contributed by atoms with Crippen molar-refractivity contribution in [1.29, 1.82) is 0 Å². The van der Waals surface area contributed by atoms with Crippen LogP contribution in [0.25, 0.3) is 0 Å². The SMILES string of the molecule is CS(=O)(=O)OCc1ccccc1.O=C(CCl)Nc1ccc(CO)cc1. The Morgan fingerprint density at radius 1 is 1.08 bits per heavy atom. The Morgan fingerprint density at radius 2 is 1.68 bits per heavy atom.